The molecule has 4 nitrogen and oxygen atoms in total. The van der Waals surface area contributed by atoms with Gasteiger partial charge in [0, 0.05) is 6.42 Å². The first-order valence-electron chi connectivity index (χ1n) is 30.6. The zero-order valence-corrected chi connectivity index (χ0v) is 47.0. The van der Waals surface area contributed by atoms with E-state index in [-0.39, 0.29) is 12.5 Å². The minimum Gasteiger partial charge on any atom is -0.394 e. The number of carbonyl (C=O) groups is 1. The SMILES string of the molecule is CC/C=C\C/C=C\C/C=C\C/C=C\C/C=C\C/C=C\C/C=C\C/C=C\CCCCCCCCCCCCC(=O)NC(CO)C(O)/C=C/CCCCCCCCCCCCCCCCCCCCCCCC. The molecule has 0 aromatic rings. The van der Waals surface area contributed by atoms with E-state index < -0.39 is 12.1 Å². The van der Waals surface area contributed by atoms with Crippen LogP contribution in [0.3, 0.4) is 0 Å². The Morgan fingerprint density at radius 3 is 0.930 bits per heavy atom. The fourth-order valence-corrected chi connectivity index (χ4v) is 8.90. The summed E-state index contributed by atoms with van der Waals surface area (Å²) in [6.45, 7) is 4.21. The predicted molar refractivity (Wildman–Crippen MR) is 317 cm³/mol. The molecule has 0 heterocycles. The molecule has 0 aromatic carbocycles. The number of rotatable bonds is 55. The summed E-state index contributed by atoms with van der Waals surface area (Å²) in [6, 6.07) is -0.633. The van der Waals surface area contributed by atoms with Gasteiger partial charge in [-0.15, -0.1) is 0 Å². The van der Waals surface area contributed by atoms with Gasteiger partial charge in [0.15, 0.2) is 0 Å². The van der Waals surface area contributed by atoms with Crippen LogP contribution in [0, 0.1) is 0 Å². The van der Waals surface area contributed by atoms with E-state index in [0.29, 0.717) is 6.42 Å². The molecule has 0 bridgehead atoms. The van der Waals surface area contributed by atoms with Gasteiger partial charge in [0.2, 0.25) is 5.91 Å². The highest BCUT2D eigenvalue weighted by atomic mass is 16.3. The lowest BCUT2D eigenvalue weighted by molar-refractivity contribution is -0.123. The standard InChI is InChI=1S/C67H117NO3/c1-3-5-7-9-11-13-15-17-19-21-23-25-27-29-30-31-32-33-34-35-36-37-38-39-41-43-45-47-49-51-53-55-57-59-61-63-67(71)68-65(64-69)66(70)62-60-58-56-54-52-50-48-46-44-42-40-28-26-24-22-20-18-16-14-12-10-8-6-4-2/h5,7,11,13,17,19,23,25,29-30,32-33,35-36,38-39,60,62,65-66,69-70H,3-4,6,8-10,12,14-16,18,20-22,24,26-28,31,34,37,40-59,61,63-64H2,1-2H3,(H,68,71)/b7-5-,13-11-,19-17-,25-23-,30-29-,33-32-,36-35-,39-38-,62-60+. The van der Waals surface area contributed by atoms with Gasteiger partial charge in [0.25, 0.3) is 0 Å². The Bertz CT molecular complexity index is 1350. The number of nitrogens with one attached hydrogen (secondary N) is 1. The molecule has 408 valence electrons. The molecule has 3 N–H and O–H groups in total. The Morgan fingerprint density at radius 2 is 0.620 bits per heavy atom. The maximum absolute atomic E-state index is 12.5. The van der Waals surface area contributed by atoms with Crippen molar-refractivity contribution in [3.05, 3.63) is 109 Å². The van der Waals surface area contributed by atoms with Crippen LogP contribution in [0.15, 0.2) is 109 Å². The molecule has 0 spiro atoms. The molecule has 4 heteroatoms. The average Bonchev–Trinajstić information content (AvgIpc) is 3.37. The van der Waals surface area contributed by atoms with Gasteiger partial charge in [0.05, 0.1) is 18.8 Å². The molecule has 0 aliphatic rings. The zero-order valence-electron chi connectivity index (χ0n) is 47.0. The summed E-state index contributed by atoms with van der Waals surface area (Å²) in [7, 11) is 0. The molecule has 0 fully saturated rings. The highest BCUT2D eigenvalue weighted by molar-refractivity contribution is 5.76. The van der Waals surface area contributed by atoms with Crippen LogP contribution in [0.1, 0.15) is 290 Å². The molecule has 0 aromatic heterocycles. The molecular weight excluding hydrogens is 867 g/mol. The lowest BCUT2D eigenvalue weighted by Crippen LogP contribution is -2.45. The maximum Gasteiger partial charge on any atom is 0.220 e. The highest BCUT2D eigenvalue weighted by Crippen LogP contribution is 2.17. The van der Waals surface area contributed by atoms with Crippen molar-refractivity contribution in [2.24, 2.45) is 0 Å². The smallest absolute Gasteiger partial charge is 0.220 e. The van der Waals surface area contributed by atoms with Crippen molar-refractivity contribution >= 4 is 5.91 Å². The summed E-state index contributed by atoms with van der Waals surface area (Å²) in [6.07, 6.45) is 92.6. The van der Waals surface area contributed by atoms with Crippen molar-refractivity contribution in [2.45, 2.75) is 302 Å². The van der Waals surface area contributed by atoms with Crippen LogP contribution in [-0.2, 0) is 4.79 Å². The van der Waals surface area contributed by atoms with E-state index in [0.717, 1.165) is 77.0 Å². The van der Waals surface area contributed by atoms with E-state index in [9.17, 15) is 15.0 Å². The van der Waals surface area contributed by atoms with Gasteiger partial charge >= 0.3 is 0 Å². The molecular formula is C67H117NO3. The third-order valence-electron chi connectivity index (χ3n) is 13.5. The molecule has 0 saturated heterocycles. The molecule has 71 heavy (non-hydrogen) atoms. The topological polar surface area (TPSA) is 69.6 Å². The Morgan fingerprint density at radius 1 is 0.352 bits per heavy atom. The summed E-state index contributed by atoms with van der Waals surface area (Å²) in [5.41, 5.74) is 0. The minimum absolute atomic E-state index is 0.0701. The molecule has 2 unspecified atom stereocenters. The average molecular weight is 985 g/mol. The molecule has 0 aliphatic heterocycles. The Kier molecular flexibility index (Phi) is 58.8. The molecule has 1 amide bonds. The fraction of sp³-hybridized carbons (Fsp3) is 0.716. The predicted octanol–water partition coefficient (Wildman–Crippen LogP) is 20.6. The van der Waals surface area contributed by atoms with Crippen molar-refractivity contribution in [1.29, 1.82) is 0 Å². The summed E-state index contributed by atoms with van der Waals surface area (Å²) < 4.78 is 0. The first-order chi connectivity index (χ1) is 35.2. The minimum atomic E-state index is -0.849. The Hall–Kier alpha value is -2.95. The van der Waals surface area contributed by atoms with Gasteiger partial charge in [-0.3, -0.25) is 4.79 Å². The van der Waals surface area contributed by atoms with Crippen molar-refractivity contribution in [1.82, 2.24) is 5.32 Å². The largest absolute Gasteiger partial charge is 0.394 e. The van der Waals surface area contributed by atoms with E-state index in [1.807, 2.05) is 6.08 Å². The summed E-state index contributed by atoms with van der Waals surface area (Å²) in [5, 5.41) is 23.2. The zero-order chi connectivity index (χ0) is 51.3. The lowest BCUT2D eigenvalue weighted by Gasteiger charge is -2.20. The molecule has 2 atom stereocenters. The first-order valence-corrected chi connectivity index (χ1v) is 30.6. The number of aliphatic hydroxyl groups is 2. The first kappa shape index (κ1) is 68.0. The number of carbonyl (C=O) groups excluding carboxylic acids is 1. The normalized spacial score (nSPS) is 13.6. The summed E-state index contributed by atoms with van der Waals surface area (Å²) in [4.78, 5) is 12.5. The van der Waals surface area contributed by atoms with Crippen LogP contribution >= 0.6 is 0 Å². The number of hydrogen-bond acceptors (Lipinski definition) is 3. The number of amides is 1. The van der Waals surface area contributed by atoms with Crippen LogP contribution in [0.4, 0.5) is 0 Å². The van der Waals surface area contributed by atoms with Gasteiger partial charge in [-0.25, -0.2) is 0 Å². The maximum atomic E-state index is 12.5. The second kappa shape index (κ2) is 61.4. The van der Waals surface area contributed by atoms with Crippen molar-refractivity contribution in [3.63, 3.8) is 0 Å². The van der Waals surface area contributed by atoms with E-state index in [4.69, 9.17) is 0 Å². The molecule has 0 saturated carbocycles. The van der Waals surface area contributed by atoms with Gasteiger partial charge in [-0.05, 0) is 83.5 Å². The quantitative estimate of drug-likeness (QED) is 0.0420. The van der Waals surface area contributed by atoms with Crippen LogP contribution in [0.2, 0.25) is 0 Å². The second-order valence-corrected chi connectivity index (χ2v) is 20.4. The van der Waals surface area contributed by atoms with Crippen LogP contribution in [-0.4, -0.2) is 34.9 Å². The monoisotopic (exact) mass is 984 g/mol. The number of allylic oxidation sites excluding steroid dienone is 17. The van der Waals surface area contributed by atoms with Crippen molar-refractivity contribution in [2.75, 3.05) is 6.61 Å². The second-order valence-electron chi connectivity index (χ2n) is 20.4. The van der Waals surface area contributed by atoms with Crippen molar-refractivity contribution < 1.29 is 15.0 Å². The third-order valence-corrected chi connectivity index (χ3v) is 13.5. The van der Waals surface area contributed by atoms with E-state index >= 15 is 0 Å². The number of hydrogen-bond donors (Lipinski definition) is 3. The van der Waals surface area contributed by atoms with E-state index in [2.05, 4.69) is 116 Å². The molecule has 0 aliphatic carbocycles. The molecule has 0 rings (SSSR count). The van der Waals surface area contributed by atoms with Crippen LogP contribution in [0.25, 0.3) is 0 Å². The number of aliphatic hydroxyl groups excluding tert-OH is 2. The van der Waals surface area contributed by atoms with Crippen LogP contribution in [0.5, 0.6) is 0 Å². The van der Waals surface area contributed by atoms with Gasteiger partial charge in [-0.2, -0.15) is 0 Å². The summed E-state index contributed by atoms with van der Waals surface area (Å²) >= 11 is 0. The van der Waals surface area contributed by atoms with Gasteiger partial charge in [-0.1, -0.05) is 309 Å². The molecule has 0 radical (unpaired) electrons. The van der Waals surface area contributed by atoms with Gasteiger partial charge in [0.1, 0.15) is 0 Å². The highest BCUT2D eigenvalue weighted by Gasteiger charge is 2.18. The third kappa shape index (κ3) is 57.8. The lowest BCUT2D eigenvalue weighted by atomic mass is 10.0. The van der Waals surface area contributed by atoms with Crippen LogP contribution < -0.4 is 5.32 Å². The fourth-order valence-electron chi connectivity index (χ4n) is 8.90. The number of unbranched alkanes of at least 4 members (excludes halogenated alkanes) is 32. The van der Waals surface area contributed by atoms with Crippen molar-refractivity contribution in [3.8, 4) is 0 Å². The van der Waals surface area contributed by atoms with Gasteiger partial charge < -0.3 is 15.5 Å². The van der Waals surface area contributed by atoms with E-state index in [1.54, 1.807) is 6.08 Å². The van der Waals surface area contributed by atoms with E-state index in [1.165, 1.54) is 193 Å². The Labute approximate surface area is 442 Å². The summed E-state index contributed by atoms with van der Waals surface area (Å²) in [5.74, 6) is -0.0701. The Balaban J connectivity index is 3.57.